The van der Waals surface area contributed by atoms with E-state index in [1.54, 1.807) is 12.1 Å². The van der Waals surface area contributed by atoms with E-state index in [0.29, 0.717) is 5.76 Å². The Hall–Kier alpha value is -2.57. The predicted molar refractivity (Wildman–Crippen MR) is 73.4 cm³/mol. The van der Waals surface area contributed by atoms with Crippen molar-refractivity contribution in [2.24, 2.45) is 0 Å². The van der Waals surface area contributed by atoms with Gasteiger partial charge in [0, 0.05) is 25.6 Å². The third-order valence-corrected chi connectivity index (χ3v) is 2.66. The van der Waals surface area contributed by atoms with Crippen molar-refractivity contribution in [3.63, 3.8) is 0 Å². The van der Waals surface area contributed by atoms with Crippen LogP contribution in [0, 0.1) is 0 Å². The number of nitrogens with zero attached hydrogens (tertiary/aromatic N) is 1. The Balaban J connectivity index is 2.57. The average Bonchev–Trinajstić information content (AvgIpc) is 2.92. The van der Waals surface area contributed by atoms with Crippen LogP contribution in [0.4, 0.5) is 0 Å². The van der Waals surface area contributed by atoms with Crippen LogP contribution in [-0.2, 0) is 14.4 Å². The summed E-state index contributed by atoms with van der Waals surface area (Å²) in [5.74, 6) is -1.84. The molecule has 0 spiro atoms. The number of furan rings is 1. The summed E-state index contributed by atoms with van der Waals surface area (Å²) in [6.07, 6.45) is 4.25. The van der Waals surface area contributed by atoms with Crippen LogP contribution in [0.15, 0.2) is 28.9 Å². The monoisotopic (exact) mass is 295 g/mol. The number of hydrogen-bond acceptors (Lipinski definition) is 4. The summed E-state index contributed by atoms with van der Waals surface area (Å²) in [6.45, 7) is 0.233. The van der Waals surface area contributed by atoms with Gasteiger partial charge in [-0.15, -0.1) is 0 Å². The highest BCUT2D eigenvalue weighted by Crippen LogP contribution is 2.05. The van der Waals surface area contributed by atoms with Crippen LogP contribution in [0.1, 0.15) is 25.0 Å². The van der Waals surface area contributed by atoms with Gasteiger partial charge in [0.2, 0.25) is 5.91 Å². The van der Waals surface area contributed by atoms with E-state index < -0.39 is 11.9 Å². The normalized spacial score (nSPS) is 10.7. The Bertz CT molecular complexity index is 506. The van der Waals surface area contributed by atoms with Crippen LogP contribution in [0.5, 0.6) is 0 Å². The lowest BCUT2D eigenvalue weighted by molar-refractivity contribution is -0.139. The number of carbonyl (C=O) groups excluding carboxylic acids is 1. The number of carboxylic acid groups (broad SMARTS) is 2. The SMILES string of the molecule is O=C(O)CCCN(CCC(=O)O)C(=O)/C=C/c1ccco1. The van der Waals surface area contributed by atoms with Gasteiger partial charge in [-0.2, -0.15) is 0 Å². The number of amides is 1. The first kappa shape index (κ1) is 16.5. The summed E-state index contributed by atoms with van der Waals surface area (Å²) in [6, 6.07) is 3.36. The summed E-state index contributed by atoms with van der Waals surface area (Å²) in [4.78, 5) is 34.4. The molecule has 1 aromatic rings. The van der Waals surface area contributed by atoms with Crippen LogP contribution in [0.25, 0.3) is 6.08 Å². The average molecular weight is 295 g/mol. The highest BCUT2D eigenvalue weighted by atomic mass is 16.4. The summed E-state index contributed by atoms with van der Waals surface area (Å²) < 4.78 is 5.05. The molecular weight excluding hydrogens is 278 g/mol. The van der Waals surface area contributed by atoms with Crippen molar-refractivity contribution in [3.8, 4) is 0 Å². The van der Waals surface area contributed by atoms with Gasteiger partial charge >= 0.3 is 11.9 Å². The first-order valence-corrected chi connectivity index (χ1v) is 6.43. The zero-order valence-electron chi connectivity index (χ0n) is 11.4. The molecule has 1 aromatic heterocycles. The summed E-state index contributed by atoms with van der Waals surface area (Å²) >= 11 is 0. The maximum Gasteiger partial charge on any atom is 0.305 e. The first-order valence-electron chi connectivity index (χ1n) is 6.43. The standard InChI is InChI=1S/C14H17NO6/c16-12(6-5-11-3-2-10-21-11)15(9-7-14(19)20)8-1-4-13(17)18/h2-3,5-6,10H,1,4,7-9H2,(H,17,18)(H,19,20)/b6-5+. The molecule has 1 heterocycles. The Morgan fingerprint density at radius 1 is 1.14 bits per heavy atom. The number of carboxylic acids is 2. The van der Waals surface area contributed by atoms with Gasteiger partial charge in [0.1, 0.15) is 5.76 Å². The zero-order valence-corrected chi connectivity index (χ0v) is 11.4. The van der Waals surface area contributed by atoms with Gasteiger partial charge in [-0.3, -0.25) is 14.4 Å². The van der Waals surface area contributed by atoms with Gasteiger partial charge in [0.25, 0.3) is 0 Å². The molecular formula is C14H17NO6. The molecule has 0 aliphatic rings. The lowest BCUT2D eigenvalue weighted by Crippen LogP contribution is -2.32. The van der Waals surface area contributed by atoms with Crippen LogP contribution in [-0.4, -0.2) is 46.0 Å². The molecule has 0 aliphatic heterocycles. The van der Waals surface area contributed by atoms with E-state index in [0.717, 1.165) is 0 Å². The molecule has 2 N–H and O–H groups in total. The van der Waals surface area contributed by atoms with Crippen molar-refractivity contribution < 1.29 is 29.0 Å². The quantitative estimate of drug-likeness (QED) is 0.668. The first-order chi connectivity index (χ1) is 9.99. The predicted octanol–water partition coefficient (Wildman–Crippen LogP) is 1.46. The molecule has 0 radical (unpaired) electrons. The molecule has 0 fully saturated rings. The lowest BCUT2D eigenvalue weighted by atomic mass is 10.2. The van der Waals surface area contributed by atoms with Gasteiger partial charge in [-0.1, -0.05) is 0 Å². The van der Waals surface area contributed by atoms with Crippen molar-refractivity contribution in [2.45, 2.75) is 19.3 Å². The van der Waals surface area contributed by atoms with Crippen LogP contribution >= 0.6 is 0 Å². The minimum atomic E-state index is -1.01. The fraction of sp³-hybridized carbons (Fsp3) is 0.357. The van der Waals surface area contributed by atoms with E-state index in [9.17, 15) is 14.4 Å². The molecule has 0 bridgehead atoms. The van der Waals surface area contributed by atoms with Gasteiger partial charge in [-0.05, 0) is 24.6 Å². The molecule has 114 valence electrons. The highest BCUT2D eigenvalue weighted by Gasteiger charge is 2.13. The third kappa shape index (κ3) is 6.95. The van der Waals surface area contributed by atoms with E-state index in [1.165, 1.54) is 23.3 Å². The van der Waals surface area contributed by atoms with Crippen LogP contribution < -0.4 is 0 Å². The lowest BCUT2D eigenvalue weighted by Gasteiger charge is -2.19. The van der Waals surface area contributed by atoms with Gasteiger partial charge in [-0.25, -0.2) is 0 Å². The molecule has 0 unspecified atom stereocenters. The van der Waals surface area contributed by atoms with Crippen LogP contribution in [0.2, 0.25) is 0 Å². The minimum absolute atomic E-state index is 0.0380. The Kier molecular flexibility index (Phi) is 6.73. The number of carbonyl (C=O) groups is 3. The Labute approximate surface area is 121 Å². The van der Waals surface area contributed by atoms with Crippen molar-refractivity contribution in [1.29, 1.82) is 0 Å². The van der Waals surface area contributed by atoms with Gasteiger partial charge in [0.05, 0.1) is 12.7 Å². The van der Waals surface area contributed by atoms with E-state index in [4.69, 9.17) is 14.6 Å². The summed E-state index contributed by atoms with van der Waals surface area (Å²) in [5, 5.41) is 17.3. The van der Waals surface area contributed by atoms with Crippen molar-refractivity contribution >= 4 is 23.9 Å². The van der Waals surface area contributed by atoms with E-state index in [1.807, 2.05) is 0 Å². The molecule has 21 heavy (non-hydrogen) atoms. The van der Waals surface area contributed by atoms with Crippen molar-refractivity contribution in [2.75, 3.05) is 13.1 Å². The topological polar surface area (TPSA) is 108 Å². The minimum Gasteiger partial charge on any atom is -0.481 e. The third-order valence-electron chi connectivity index (χ3n) is 2.66. The molecule has 7 heteroatoms. The number of aliphatic carboxylic acids is 2. The fourth-order valence-electron chi connectivity index (χ4n) is 1.63. The zero-order chi connectivity index (χ0) is 15.7. The van der Waals surface area contributed by atoms with E-state index >= 15 is 0 Å². The fourth-order valence-corrected chi connectivity index (χ4v) is 1.63. The maximum absolute atomic E-state index is 12.0. The second kappa shape index (κ2) is 8.57. The second-order valence-electron chi connectivity index (χ2n) is 4.32. The summed E-state index contributed by atoms with van der Waals surface area (Å²) in [7, 11) is 0. The van der Waals surface area contributed by atoms with Crippen molar-refractivity contribution in [3.05, 3.63) is 30.2 Å². The number of rotatable bonds is 9. The second-order valence-corrected chi connectivity index (χ2v) is 4.32. The van der Waals surface area contributed by atoms with Crippen LogP contribution in [0.3, 0.4) is 0 Å². The molecule has 1 amide bonds. The van der Waals surface area contributed by atoms with E-state index in [2.05, 4.69) is 0 Å². The number of hydrogen-bond donors (Lipinski definition) is 2. The van der Waals surface area contributed by atoms with Gasteiger partial charge < -0.3 is 19.5 Å². The highest BCUT2D eigenvalue weighted by molar-refractivity contribution is 5.91. The van der Waals surface area contributed by atoms with Crippen molar-refractivity contribution in [1.82, 2.24) is 4.90 Å². The molecule has 0 aromatic carbocycles. The molecule has 1 rings (SSSR count). The molecule has 0 saturated carbocycles. The molecule has 0 atom stereocenters. The molecule has 7 nitrogen and oxygen atoms in total. The largest absolute Gasteiger partial charge is 0.481 e. The Morgan fingerprint density at radius 3 is 2.43 bits per heavy atom. The molecule has 0 aliphatic carbocycles. The van der Waals surface area contributed by atoms with E-state index in [-0.39, 0.29) is 38.3 Å². The van der Waals surface area contributed by atoms with Gasteiger partial charge in [0.15, 0.2) is 0 Å². The Morgan fingerprint density at radius 2 is 1.86 bits per heavy atom. The summed E-state index contributed by atoms with van der Waals surface area (Å²) in [5.41, 5.74) is 0. The maximum atomic E-state index is 12.0. The molecule has 0 saturated heterocycles. The smallest absolute Gasteiger partial charge is 0.305 e.